The Morgan fingerprint density at radius 1 is 1.09 bits per heavy atom. The predicted octanol–water partition coefficient (Wildman–Crippen LogP) is 4.26. The first kappa shape index (κ1) is 21.9. The van der Waals surface area contributed by atoms with E-state index in [4.69, 9.17) is 21.1 Å². The van der Waals surface area contributed by atoms with Crippen molar-refractivity contribution < 1.29 is 19.1 Å². The molecule has 0 aliphatic carbocycles. The van der Waals surface area contributed by atoms with Crippen molar-refractivity contribution >= 4 is 35.2 Å². The number of anilines is 1. The van der Waals surface area contributed by atoms with E-state index in [1.165, 1.54) is 18.2 Å². The molecule has 3 aromatic carbocycles. The number of hydrazine groups is 1. The highest BCUT2D eigenvalue weighted by Gasteiger charge is 2.34. The minimum Gasteiger partial charge on any atom is -0.493 e. The van der Waals surface area contributed by atoms with E-state index >= 15 is 0 Å². The van der Waals surface area contributed by atoms with Crippen molar-refractivity contribution in [1.29, 1.82) is 5.26 Å². The van der Waals surface area contributed by atoms with E-state index < -0.39 is 11.8 Å². The van der Waals surface area contributed by atoms with Crippen LogP contribution in [-0.2, 0) is 16.2 Å². The Bertz CT molecular complexity index is 1300. The number of hydrogen-bond acceptors (Lipinski definition) is 5. The summed E-state index contributed by atoms with van der Waals surface area (Å²) in [6.45, 7) is 0.118. The number of halogens is 1. The summed E-state index contributed by atoms with van der Waals surface area (Å²) in [5, 5.41) is 10.7. The molecule has 164 valence electrons. The van der Waals surface area contributed by atoms with Crippen LogP contribution in [0.15, 0.2) is 72.3 Å². The molecule has 0 radical (unpaired) electrons. The number of benzene rings is 3. The minimum absolute atomic E-state index is 0.0337. The second-order valence-corrected chi connectivity index (χ2v) is 7.47. The van der Waals surface area contributed by atoms with Gasteiger partial charge in [-0.25, -0.2) is 5.01 Å². The van der Waals surface area contributed by atoms with E-state index in [1.807, 2.05) is 12.1 Å². The molecule has 7 nitrogen and oxygen atoms in total. The first-order valence-corrected chi connectivity index (χ1v) is 10.3. The summed E-state index contributed by atoms with van der Waals surface area (Å²) in [5.74, 6) is -0.376. The second kappa shape index (κ2) is 9.47. The standard InChI is InChI=1S/C25H18ClN3O4/c1-32-22-13-16(11-20-24(30)28-29(25(20)31)19-9-3-2-4-10-19)12-21(26)23(22)33-15-18-8-6-5-7-17(18)14-27/h2-13H,15H2,1H3,(H,28,30)/b20-11-. The molecule has 0 aromatic heterocycles. The topological polar surface area (TPSA) is 91.7 Å². The predicted molar refractivity (Wildman–Crippen MR) is 124 cm³/mol. The summed E-state index contributed by atoms with van der Waals surface area (Å²) in [7, 11) is 1.46. The van der Waals surface area contributed by atoms with Gasteiger partial charge in [-0.2, -0.15) is 5.26 Å². The highest BCUT2D eigenvalue weighted by Crippen LogP contribution is 2.38. The molecule has 1 aliphatic rings. The van der Waals surface area contributed by atoms with Gasteiger partial charge in [0, 0.05) is 5.56 Å². The first-order valence-electron chi connectivity index (χ1n) is 9.92. The number of amides is 2. The molecular weight excluding hydrogens is 442 g/mol. The minimum atomic E-state index is -0.521. The maximum atomic E-state index is 12.8. The number of carbonyl (C=O) groups is 2. The third-order valence-electron chi connectivity index (χ3n) is 4.98. The number of ether oxygens (including phenoxy) is 2. The summed E-state index contributed by atoms with van der Waals surface area (Å²) in [5.41, 5.74) is 4.78. The largest absolute Gasteiger partial charge is 0.493 e. The van der Waals surface area contributed by atoms with E-state index in [0.29, 0.717) is 33.9 Å². The van der Waals surface area contributed by atoms with Crippen molar-refractivity contribution in [3.05, 3.63) is 94.0 Å². The lowest BCUT2D eigenvalue weighted by Crippen LogP contribution is -2.35. The van der Waals surface area contributed by atoms with Gasteiger partial charge in [0.05, 0.1) is 29.5 Å². The number of nitriles is 1. The average Bonchev–Trinajstić information content (AvgIpc) is 3.12. The van der Waals surface area contributed by atoms with E-state index in [9.17, 15) is 14.9 Å². The van der Waals surface area contributed by atoms with Gasteiger partial charge in [0.15, 0.2) is 11.5 Å². The summed E-state index contributed by atoms with van der Waals surface area (Å²) in [6.07, 6.45) is 1.45. The van der Waals surface area contributed by atoms with Gasteiger partial charge in [0.1, 0.15) is 12.2 Å². The van der Waals surface area contributed by atoms with E-state index in [1.54, 1.807) is 54.6 Å². The van der Waals surface area contributed by atoms with Crippen LogP contribution in [0.2, 0.25) is 5.02 Å². The molecule has 3 aromatic rings. The number of hydrogen-bond donors (Lipinski definition) is 1. The monoisotopic (exact) mass is 459 g/mol. The van der Waals surface area contributed by atoms with Crippen LogP contribution in [0.25, 0.3) is 6.08 Å². The lowest BCUT2D eigenvalue weighted by Gasteiger charge is -2.14. The highest BCUT2D eigenvalue weighted by atomic mass is 35.5. The Kier molecular flexibility index (Phi) is 6.29. The van der Waals surface area contributed by atoms with E-state index in [0.717, 1.165) is 0 Å². The fourth-order valence-electron chi connectivity index (χ4n) is 3.35. The zero-order valence-electron chi connectivity index (χ0n) is 17.5. The fraction of sp³-hybridized carbons (Fsp3) is 0.0800. The Morgan fingerprint density at radius 3 is 2.55 bits per heavy atom. The van der Waals surface area contributed by atoms with Crippen LogP contribution in [-0.4, -0.2) is 18.9 Å². The third kappa shape index (κ3) is 4.52. The van der Waals surface area contributed by atoms with Gasteiger partial charge in [0.2, 0.25) is 0 Å². The summed E-state index contributed by atoms with van der Waals surface area (Å²) in [4.78, 5) is 25.2. The number of nitrogens with one attached hydrogen (secondary N) is 1. The first-order chi connectivity index (χ1) is 16.0. The number of rotatable bonds is 6. The van der Waals surface area contributed by atoms with Crippen LogP contribution >= 0.6 is 11.6 Å². The molecular formula is C25H18ClN3O4. The number of para-hydroxylation sites is 1. The Hall–Kier alpha value is -4.28. The van der Waals surface area contributed by atoms with Crippen LogP contribution in [0.1, 0.15) is 16.7 Å². The molecule has 1 saturated heterocycles. The molecule has 1 N–H and O–H groups in total. The molecule has 0 unspecified atom stereocenters. The summed E-state index contributed by atoms with van der Waals surface area (Å²) in [6, 6.07) is 21.2. The second-order valence-electron chi connectivity index (χ2n) is 7.07. The average molecular weight is 460 g/mol. The van der Waals surface area contributed by atoms with Gasteiger partial charge < -0.3 is 9.47 Å². The lowest BCUT2D eigenvalue weighted by atomic mass is 10.1. The van der Waals surface area contributed by atoms with Gasteiger partial charge in [0.25, 0.3) is 11.8 Å². The van der Waals surface area contributed by atoms with E-state index in [-0.39, 0.29) is 17.2 Å². The van der Waals surface area contributed by atoms with Crippen molar-refractivity contribution in [3.63, 3.8) is 0 Å². The lowest BCUT2D eigenvalue weighted by molar-refractivity contribution is -0.117. The number of methoxy groups -OCH3 is 1. The van der Waals surface area contributed by atoms with Gasteiger partial charge in [-0.05, 0) is 42.0 Å². The smallest absolute Gasteiger partial charge is 0.282 e. The molecule has 1 heterocycles. The molecule has 0 atom stereocenters. The quantitative estimate of drug-likeness (QED) is 0.439. The van der Waals surface area contributed by atoms with E-state index in [2.05, 4.69) is 11.5 Å². The molecule has 1 fully saturated rings. The zero-order chi connectivity index (χ0) is 23.4. The van der Waals surface area contributed by atoms with Gasteiger partial charge in [-0.15, -0.1) is 0 Å². The fourth-order valence-corrected chi connectivity index (χ4v) is 3.62. The number of carbonyl (C=O) groups excluding carboxylic acids is 2. The van der Waals surface area contributed by atoms with Crippen molar-refractivity contribution in [2.24, 2.45) is 0 Å². The van der Waals surface area contributed by atoms with Crippen molar-refractivity contribution in [2.75, 3.05) is 12.1 Å². The zero-order valence-corrected chi connectivity index (χ0v) is 18.3. The Labute approximate surface area is 195 Å². The van der Waals surface area contributed by atoms with Crippen LogP contribution in [0.3, 0.4) is 0 Å². The molecule has 0 spiro atoms. The van der Waals surface area contributed by atoms with Crippen molar-refractivity contribution in [2.45, 2.75) is 6.61 Å². The third-order valence-corrected chi connectivity index (χ3v) is 5.26. The van der Waals surface area contributed by atoms with Crippen molar-refractivity contribution in [1.82, 2.24) is 5.43 Å². The van der Waals surface area contributed by atoms with Crippen LogP contribution in [0, 0.1) is 11.3 Å². The highest BCUT2D eigenvalue weighted by molar-refractivity contribution is 6.33. The molecule has 8 heteroatoms. The summed E-state index contributed by atoms with van der Waals surface area (Å²) < 4.78 is 11.3. The SMILES string of the molecule is COc1cc(/C=C2/C(=O)NN(c3ccccc3)C2=O)cc(Cl)c1OCc1ccccc1C#N. The Morgan fingerprint density at radius 2 is 1.82 bits per heavy atom. The molecule has 33 heavy (non-hydrogen) atoms. The van der Waals surface area contributed by atoms with Gasteiger partial charge in [-0.1, -0.05) is 48.0 Å². The van der Waals surface area contributed by atoms with Crippen LogP contribution in [0.5, 0.6) is 11.5 Å². The summed E-state index contributed by atoms with van der Waals surface area (Å²) >= 11 is 6.44. The van der Waals surface area contributed by atoms with Gasteiger partial charge >= 0.3 is 0 Å². The molecule has 1 aliphatic heterocycles. The van der Waals surface area contributed by atoms with Crippen LogP contribution < -0.4 is 19.9 Å². The van der Waals surface area contributed by atoms with Gasteiger partial charge in [-0.3, -0.25) is 15.0 Å². The molecule has 2 amide bonds. The van der Waals surface area contributed by atoms with Crippen LogP contribution in [0.4, 0.5) is 5.69 Å². The maximum absolute atomic E-state index is 12.8. The molecule has 0 bridgehead atoms. The maximum Gasteiger partial charge on any atom is 0.282 e. The molecule has 4 rings (SSSR count). The molecule has 0 saturated carbocycles. The normalized spacial score (nSPS) is 14.2. The Balaban J connectivity index is 1.60. The van der Waals surface area contributed by atoms with Crippen molar-refractivity contribution in [3.8, 4) is 17.6 Å². The number of nitrogens with zero attached hydrogens (tertiary/aromatic N) is 2.